The Labute approximate surface area is 133 Å². The van der Waals surface area contributed by atoms with Gasteiger partial charge in [-0.25, -0.2) is 0 Å². The van der Waals surface area contributed by atoms with Gasteiger partial charge in [0, 0.05) is 10.8 Å². The van der Waals surface area contributed by atoms with Crippen LogP contribution in [0.4, 0.5) is 0 Å². The van der Waals surface area contributed by atoms with E-state index in [2.05, 4.69) is 0 Å². The molecule has 0 bridgehead atoms. The Balaban J connectivity index is 2.00. The summed E-state index contributed by atoms with van der Waals surface area (Å²) in [4.78, 5) is 0. The van der Waals surface area contributed by atoms with Crippen LogP contribution in [0, 0.1) is 0 Å². The quantitative estimate of drug-likeness (QED) is 0.639. The zero-order chi connectivity index (χ0) is 17.3. The van der Waals surface area contributed by atoms with Crippen molar-refractivity contribution in [3.63, 3.8) is 0 Å². The van der Waals surface area contributed by atoms with Crippen LogP contribution in [0.5, 0.6) is 0 Å². The van der Waals surface area contributed by atoms with Gasteiger partial charge in [0.15, 0.2) is 0 Å². The van der Waals surface area contributed by atoms with Crippen molar-refractivity contribution >= 4 is 34.5 Å². The molecule has 0 N–H and O–H groups in total. The first-order valence-electron chi connectivity index (χ1n) is 8.48. The molecule has 0 unspecified atom stereocenters. The van der Waals surface area contributed by atoms with Crippen LogP contribution in [0.3, 0.4) is 0 Å². The van der Waals surface area contributed by atoms with Crippen LogP contribution >= 0.6 is 0 Å². The Morgan fingerprint density at radius 2 is 1.64 bits per heavy atom. The van der Waals surface area contributed by atoms with Gasteiger partial charge in [-0.1, -0.05) is 30.3 Å². The summed E-state index contributed by atoms with van der Waals surface area (Å²) in [6, 6.07) is 9.48. The summed E-state index contributed by atoms with van der Waals surface area (Å²) in [5, 5.41) is 1.61. The lowest BCUT2D eigenvalue weighted by Crippen LogP contribution is -2.41. The first-order chi connectivity index (χ1) is 11.2. The Morgan fingerprint density at radius 1 is 0.955 bits per heavy atom. The highest BCUT2D eigenvalue weighted by molar-refractivity contribution is 6.66. The van der Waals surface area contributed by atoms with Gasteiger partial charge in [-0.05, 0) is 45.3 Å². The van der Waals surface area contributed by atoms with E-state index in [1.54, 1.807) is 30.3 Å². The SMILES string of the molecule is [2H]c1ccc2oc3ccc([2H])c(B4OC(C)(C)C(C)(C)O4)c3c2c1. The van der Waals surface area contributed by atoms with Crippen LogP contribution in [-0.2, 0) is 9.31 Å². The molecule has 1 fully saturated rings. The molecule has 0 radical (unpaired) electrons. The summed E-state index contributed by atoms with van der Waals surface area (Å²) in [5.74, 6) is 0. The minimum absolute atomic E-state index is 0.346. The molecule has 3 aromatic rings. The summed E-state index contributed by atoms with van der Waals surface area (Å²) in [6.07, 6.45) is 0. The minimum Gasteiger partial charge on any atom is -0.456 e. The molecule has 0 amide bonds. The van der Waals surface area contributed by atoms with Crippen molar-refractivity contribution in [2.24, 2.45) is 0 Å². The minimum atomic E-state index is -0.638. The van der Waals surface area contributed by atoms with E-state index in [4.69, 9.17) is 16.5 Å². The lowest BCUT2D eigenvalue weighted by molar-refractivity contribution is 0.00578. The molecule has 112 valence electrons. The maximum absolute atomic E-state index is 8.40. The molecule has 1 aromatic heterocycles. The van der Waals surface area contributed by atoms with Gasteiger partial charge in [-0.3, -0.25) is 0 Å². The van der Waals surface area contributed by atoms with E-state index in [1.165, 1.54) is 0 Å². The molecule has 3 nitrogen and oxygen atoms in total. The fraction of sp³-hybridized carbons (Fsp3) is 0.333. The highest BCUT2D eigenvalue weighted by Gasteiger charge is 2.52. The van der Waals surface area contributed by atoms with Crippen LogP contribution < -0.4 is 5.46 Å². The molecule has 0 atom stereocenters. The smallest absolute Gasteiger partial charge is 0.456 e. The van der Waals surface area contributed by atoms with E-state index < -0.39 is 18.3 Å². The molecule has 2 aromatic carbocycles. The number of fused-ring (bicyclic) bond motifs is 3. The predicted molar refractivity (Wildman–Crippen MR) is 89.4 cm³/mol. The third-order valence-electron chi connectivity index (χ3n) is 4.79. The van der Waals surface area contributed by atoms with E-state index in [1.807, 2.05) is 27.7 Å². The van der Waals surface area contributed by atoms with Crippen molar-refractivity contribution in [3.8, 4) is 0 Å². The molecule has 4 rings (SSSR count). The highest BCUT2D eigenvalue weighted by atomic mass is 16.7. The summed E-state index contributed by atoms with van der Waals surface area (Å²) in [6.45, 7) is 7.97. The second-order valence-corrected chi connectivity index (χ2v) is 6.74. The first-order valence-corrected chi connectivity index (χ1v) is 7.48. The lowest BCUT2D eigenvalue weighted by Gasteiger charge is -2.32. The zero-order valence-corrected chi connectivity index (χ0v) is 13.2. The third kappa shape index (κ3) is 1.84. The molecule has 0 aliphatic carbocycles. The molecule has 4 heteroatoms. The fourth-order valence-corrected chi connectivity index (χ4v) is 2.82. The number of hydrogen-bond donors (Lipinski definition) is 0. The van der Waals surface area contributed by atoms with E-state index in [9.17, 15) is 0 Å². The van der Waals surface area contributed by atoms with Gasteiger partial charge in [0.2, 0.25) is 0 Å². The highest BCUT2D eigenvalue weighted by Crippen LogP contribution is 2.37. The Bertz CT molecular complexity index is 946. The average molecular weight is 296 g/mol. The Hall–Kier alpha value is -1.78. The fourth-order valence-electron chi connectivity index (χ4n) is 2.82. The second-order valence-electron chi connectivity index (χ2n) is 6.74. The maximum Gasteiger partial charge on any atom is 0.495 e. The van der Waals surface area contributed by atoms with Gasteiger partial charge in [0.25, 0.3) is 0 Å². The van der Waals surface area contributed by atoms with E-state index in [-0.39, 0.29) is 0 Å². The average Bonchev–Trinajstić information content (AvgIpc) is 2.93. The third-order valence-corrected chi connectivity index (χ3v) is 4.79. The molecule has 1 aliphatic heterocycles. The van der Waals surface area contributed by atoms with Gasteiger partial charge in [-0.2, -0.15) is 0 Å². The summed E-state index contributed by atoms with van der Waals surface area (Å²) >= 11 is 0. The number of rotatable bonds is 1. The van der Waals surface area contributed by atoms with Gasteiger partial charge < -0.3 is 13.7 Å². The van der Waals surface area contributed by atoms with Crippen LogP contribution in [0.1, 0.15) is 30.4 Å². The van der Waals surface area contributed by atoms with Crippen LogP contribution in [0.15, 0.2) is 46.8 Å². The normalized spacial score (nSPS) is 21.4. The zero-order valence-electron chi connectivity index (χ0n) is 15.2. The monoisotopic (exact) mass is 296 g/mol. The van der Waals surface area contributed by atoms with Crippen molar-refractivity contribution in [3.05, 3.63) is 42.4 Å². The lowest BCUT2D eigenvalue weighted by atomic mass is 9.76. The Kier molecular flexibility index (Phi) is 2.33. The molecular weight excluding hydrogens is 275 g/mol. The van der Waals surface area contributed by atoms with Gasteiger partial charge in [-0.15, -0.1) is 0 Å². The van der Waals surface area contributed by atoms with Crippen molar-refractivity contribution in [1.29, 1.82) is 0 Å². The van der Waals surface area contributed by atoms with Gasteiger partial charge >= 0.3 is 7.12 Å². The van der Waals surface area contributed by atoms with E-state index in [0.29, 0.717) is 28.7 Å². The van der Waals surface area contributed by atoms with E-state index >= 15 is 0 Å². The largest absolute Gasteiger partial charge is 0.495 e. The summed E-state index contributed by atoms with van der Waals surface area (Å²) in [5.41, 5.74) is 1.08. The standard InChI is InChI=1S/C18H19BO3/c1-17(2)18(3,4)22-19(21-17)13-9-7-11-15-16(13)12-8-5-6-10-14(12)20-15/h5-11H,1-4H3/i5D,9D. The number of furan rings is 1. The maximum atomic E-state index is 8.40. The van der Waals surface area contributed by atoms with Crippen LogP contribution in [0.25, 0.3) is 21.9 Å². The number of hydrogen-bond acceptors (Lipinski definition) is 3. The first kappa shape index (κ1) is 11.7. The molecular formula is C18H19BO3. The molecule has 0 spiro atoms. The molecule has 1 saturated heterocycles. The predicted octanol–water partition coefficient (Wildman–Crippen LogP) is 3.89. The molecule has 22 heavy (non-hydrogen) atoms. The number of para-hydroxylation sites is 1. The van der Waals surface area contributed by atoms with Crippen molar-refractivity contribution in [1.82, 2.24) is 0 Å². The molecule has 2 heterocycles. The van der Waals surface area contributed by atoms with Crippen LogP contribution in [0.2, 0.25) is 0 Å². The molecule has 0 saturated carbocycles. The van der Waals surface area contributed by atoms with Crippen molar-refractivity contribution in [2.75, 3.05) is 0 Å². The van der Waals surface area contributed by atoms with Gasteiger partial charge in [0.1, 0.15) is 11.2 Å². The summed E-state index contributed by atoms with van der Waals surface area (Å²) < 4.78 is 34.5. The molecule has 1 aliphatic rings. The topological polar surface area (TPSA) is 31.6 Å². The van der Waals surface area contributed by atoms with E-state index in [0.717, 1.165) is 10.8 Å². The Morgan fingerprint density at radius 3 is 2.36 bits per heavy atom. The van der Waals surface area contributed by atoms with Gasteiger partial charge in [0.05, 0.1) is 13.9 Å². The second kappa shape index (κ2) is 4.37. The van der Waals surface area contributed by atoms with Crippen molar-refractivity contribution < 1.29 is 16.5 Å². The summed E-state index contributed by atoms with van der Waals surface area (Å²) in [7, 11) is -0.638. The van der Waals surface area contributed by atoms with Crippen molar-refractivity contribution in [2.45, 2.75) is 38.9 Å². The number of benzene rings is 2. The van der Waals surface area contributed by atoms with Crippen LogP contribution in [-0.4, -0.2) is 18.3 Å².